The Hall–Kier alpha value is -6.14. The average molecular weight is 926 g/mol. The molecular formula is C47H59N9O7S2. The SMILES string of the molecule is CCCCCCCCOc1ccc(C)cc1OS(=O)Nc1ccc(OCCCCCCCC)c(OS(=O)Nc2cccc(-c3nc4c(-n5nnc6ccccc65)c(OCC)nn4[nH]3)c2)c1. The van der Waals surface area contributed by atoms with E-state index in [9.17, 15) is 8.42 Å². The minimum atomic E-state index is -2.09. The molecule has 0 aliphatic heterocycles. The topological polar surface area (TPSA) is 181 Å². The second kappa shape index (κ2) is 23.7. The molecule has 2 atom stereocenters. The lowest BCUT2D eigenvalue weighted by Gasteiger charge is -2.15. The van der Waals surface area contributed by atoms with Gasteiger partial charge in [0, 0.05) is 11.6 Å². The van der Waals surface area contributed by atoms with Gasteiger partial charge < -0.3 is 22.6 Å². The van der Waals surface area contributed by atoms with Crippen LogP contribution in [0.2, 0.25) is 0 Å². The van der Waals surface area contributed by atoms with Crippen LogP contribution in [-0.4, -0.2) is 63.0 Å². The van der Waals surface area contributed by atoms with E-state index in [1.54, 1.807) is 41.1 Å². The van der Waals surface area contributed by atoms with Crippen LogP contribution in [-0.2, 0) is 22.5 Å². The first-order valence-corrected chi connectivity index (χ1v) is 24.7. The van der Waals surface area contributed by atoms with Crippen LogP contribution < -0.4 is 32.0 Å². The van der Waals surface area contributed by atoms with Crippen LogP contribution in [0, 0.1) is 6.92 Å². The first kappa shape index (κ1) is 46.8. The smallest absolute Gasteiger partial charge is 0.316 e. The number of hydrogen-bond acceptors (Lipinski definition) is 11. The van der Waals surface area contributed by atoms with Gasteiger partial charge in [0.1, 0.15) is 5.52 Å². The number of nitrogens with zero attached hydrogens (tertiary/aromatic N) is 6. The van der Waals surface area contributed by atoms with Crippen LogP contribution in [0.15, 0.2) is 84.9 Å². The summed E-state index contributed by atoms with van der Waals surface area (Å²) in [6.45, 7) is 9.61. The molecule has 7 aromatic rings. The highest BCUT2D eigenvalue weighted by Crippen LogP contribution is 2.35. The summed E-state index contributed by atoms with van der Waals surface area (Å²) in [5.41, 5.74) is 5.05. The van der Waals surface area contributed by atoms with E-state index in [0.29, 0.717) is 77.0 Å². The fourth-order valence-electron chi connectivity index (χ4n) is 7.19. The number of benzene rings is 4. The maximum absolute atomic E-state index is 13.7. The number of unbranched alkanes of at least 4 members (excludes halogenated alkanes) is 10. The van der Waals surface area contributed by atoms with Crippen LogP contribution in [0.25, 0.3) is 33.8 Å². The van der Waals surface area contributed by atoms with Gasteiger partial charge in [0.05, 0.1) is 36.7 Å². The molecule has 3 N–H and O–H groups in total. The van der Waals surface area contributed by atoms with Crippen LogP contribution in [0.1, 0.15) is 103 Å². The number of para-hydroxylation sites is 1. The molecule has 0 bridgehead atoms. The summed E-state index contributed by atoms with van der Waals surface area (Å²) in [6.07, 6.45) is 13.5. The Labute approximate surface area is 385 Å². The molecule has 7 rings (SSSR count). The van der Waals surface area contributed by atoms with Crippen molar-refractivity contribution >= 4 is 50.6 Å². The Morgan fingerprint density at radius 3 is 1.97 bits per heavy atom. The van der Waals surface area contributed by atoms with Crippen LogP contribution >= 0.6 is 0 Å². The van der Waals surface area contributed by atoms with Crippen molar-refractivity contribution in [2.75, 3.05) is 29.3 Å². The van der Waals surface area contributed by atoms with Crippen molar-refractivity contribution in [2.24, 2.45) is 0 Å². The molecule has 4 aromatic carbocycles. The number of aromatic amines is 1. The summed E-state index contributed by atoms with van der Waals surface area (Å²) in [6, 6.07) is 25.4. The summed E-state index contributed by atoms with van der Waals surface area (Å²) >= 11 is -4.10. The van der Waals surface area contributed by atoms with Crippen LogP contribution in [0.5, 0.6) is 28.9 Å². The molecule has 0 aliphatic rings. The average Bonchev–Trinajstić information content (AvgIpc) is 4.00. The highest BCUT2D eigenvalue weighted by molar-refractivity contribution is 7.82. The van der Waals surface area contributed by atoms with Gasteiger partial charge in [-0.15, -0.1) is 14.8 Å². The van der Waals surface area contributed by atoms with Gasteiger partial charge in [-0.05, 0) is 80.8 Å². The molecule has 18 heteroatoms. The summed E-state index contributed by atoms with van der Waals surface area (Å²) < 4.78 is 66.1. The molecule has 0 amide bonds. The minimum absolute atomic E-state index is 0.184. The highest BCUT2D eigenvalue weighted by Gasteiger charge is 2.23. The summed E-state index contributed by atoms with van der Waals surface area (Å²) in [4.78, 5) is 4.88. The molecule has 346 valence electrons. The summed E-state index contributed by atoms with van der Waals surface area (Å²) in [7, 11) is 0. The molecule has 0 saturated carbocycles. The third-order valence-corrected chi connectivity index (χ3v) is 12.0. The molecular weight excluding hydrogens is 867 g/mol. The largest absolute Gasteiger partial charge is 0.490 e. The van der Waals surface area contributed by atoms with E-state index in [-0.39, 0.29) is 5.75 Å². The van der Waals surface area contributed by atoms with Gasteiger partial charge in [-0.25, -0.2) is 9.67 Å². The van der Waals surface area contributed by atoms with Gasteiger partial charge in [-0.1, -0.05) is 114 Å². The minimum Gasteiger partial charge on any atom is -0.490 e. The second-order valence-electron chi connectivity index (χ2n) is 15.6. The fourth-order valence-corrected chi connectivity index (χ4v) is 8.49. The first-order valence-electron chi connectivity index (χ1n) is 22.6. The number of fused-ring (bicyclic) bond motifs is 2. The van der Waals surface area contributed by atoms with Gasteiger partial charge in [-0.2, -0.15) is 8.42 Å². The van der Waals surface area contributed by atoms with Crippen molar-refractivity contribution in [3.63, 3.8) is 0 Å². The Morgan fingerprint density at radius 1 is 0.646 bits per heavy atom. The molecule has 0 aliphatic carbocycles. The zero-order valence-electron chi connectivity index (χ0n) is 37.5. The molecule has 0 radical (unpaired) electrons. The number of H-pyrrole nitrogens is 1. The van der Waals surface area contributed by atoms with Gasteiger partial charge in [-0.3, -0.25) is 14.5 Å². The lowest BCUT2D eigenvalue weighted by Crippen LogP contribution is -2.14. The molecule has 0 fully saturated rings. The third-order valence-electron chi connectivity index (χ3n) is 10.5. The second-order valence-corrected chi connectivity index (χ2v) is 17.3. The van der Waals surface area contributed by atoms with Crippen molar-refractivity contribution in [3.8, 4) is 46.0 Å². The lowest BCUT2D eigenvalue weighted by molar-refractivity contribution is 0.296. The number of rotatable bonds is 28. The molecule has 2 unspecified atom stereocenters. The zero-order chi connectivity index (χ0) is 45.4. The Bertz CT molecular complexity index is 2670. The number of hydrogen-bond donors (Lipinski definition) is 3. The van der Waals surface area contributed by atoms with E-state index in [1.807, 2.05) is 62.4 Å². The van der Waals surface area contributed by atoms with E-state index >= 15 is 0 Å². The van der Waals surface area contributed by atoms with Crippen molar-refractivity contribution in [1.29, 1.82) is 0 Å². The van der Waals surface area contributed by atoms with E-state index in [4.69, 9.17) is 27.6 Å². The van der Waals surface area contributed by atoms with Gasteiger partial charge in [0.2, 0.25) is 5.65 Å². The Balaban J connectivity index is 1.04. The Kier molecular flexibility index (Phi) is 17.1. The Morgan fingerprint density at radius 2 is 1.28 bits per heavy atom. The van der Waals surface area contributed by atoms with Gasteiger partial charge in [0.25, 0.3) is 5.88 Å². The maximum atomic E-state index is 13.7. The molecule has 3 heterocycles. The predicted octanol–water partition coefficient (Wildman–Crippen LogP) is 10.8. The van der Waals surface area contributed by atoms with E-state index in [1.165, 1.54) is 49.6 Å². The first-order chi connectivity index (χ1) is 31.8. The van der Waals surface area contributed by atoms with E-state index in [0.717, 1.165) is 48.7 Å². The van der Waals surface area contributed by atoms with Gasteiger partial charge in [0.15, 0.2) is 34.5 Å². The lowest BCUT2D eigenvalue weighted by atomic mass is 10.1. The number of aryl methyl sites for hydroxylation is 1. The molecule has 16 nitrogen and oxygen atoms in total. The third kappa shape index (κ3) is 12.8. The monoisotopic (exact) mass is 925 g/mol. The summed E-state index contributed by atoms with van der Waals surface area (Å²) in [5, 5.41) is 16.5. The van der Waals surface area contributed by atoms with Crippen LogP contribution in [0.3, 0.4) is 0 Å². The van der Waals surface area contributed by atoms with Crippen molar-refractivity contribution in [2.45, 2.75) is 105 Å². The molecule has 65 heavy (non-hydrogen) atoms. The number of ether oxygens (including phenoxy) is 3. The molecule has 0 saturated heterocycles. The van der Waals surface area contributed by atoms with E-state index in [2.05, 4.69) is 43.8 Å². The highest BCUT2D eigenvalue weighted by atomic mass is 32.2. The maximum Gasteiger partial charge on any atom is 0.316 e. The van der Waals surface area contributed by atoms with Crippen LogP contribution in [0.4, 0.5) is 11.4 Å². The van der Waals surface area contributed by atoms with Crippen molar-refractivity contribution < 1.29 is 31.0 Å². The normalized spacial score (nSPS) is 12.3. The fraction of sp³-hybridized carbons (Fsp3) is 0.404. The number of aromatic nitrogens is 7. The molecule has 3 aromatic heterocycles. The number of nitrogens with one attached hydrogen (secondary N) is 3. The zero-order valence-corrected chi connectivity index (χ0v) is 39.2. The number of anilines is 2. The summed E-state index contributed by atoms with van der Waals surface area (Å²) in [5.74, 6) is 2.32. The van der Waals surface area contributed by atoms with Crippen molar-refractivity contribution in [3.05, 3.63) is 90.5 Å². The van der Waals surface area contributed by atoms with Crippen molar-refractivity contribution in [1.82, 2.24) is 34.8 Å². The quantitative estimate of drug-likeness (QED) is 0.0398. The molecule has 0 spiro atoms. The van der Waals surface area contributed by atoms with Gasteiger partial charge >= 0.3 is 22.5 Å². The standard InChI is InChI=1S/C47H59N9O7S2/c1-5-8-10-12-14-18-29-60-40-27-25-34(4)31-42(40)62-65(58)53-37-26-28-41(61-30-19-15-13-11-9-6-2)43(33-37)63-64(57)52-36-22-20-21-35(32-36)45-48-46-44(47(59-7-3)51-56(46)50-45)55-39-24-17-16-23-38(39)49-54-55/h16-17,20-28,31-33,52-53H,5-15,18-19,29-30H2,1-4H3,(H,48,50). The van der Waals surface area contributed by atoms with E-state index < -0.39 is 22.5 Å². The predicted molar refractivity (Wildman–Crippen MR) is 257 cm³/mol.